The Morgan fingerprint density at radius 3 is 2.47 bits per heavy atom. The monoisotopic (exact) mass is 420 g/mol. The zero-order valence-corrected chi connectivity index (χ0v) is 17.4. The van der Waals surface area contributed by atoms with E-state index in [-0.39, 0.29) is 17.7 Å². The number of ether oxygens (including phenoxy) is 1. The average Bonchev–Trinajstić information content (AvgIpc) is 3.20. The number of halogens is 1. The van der Waals surface area contributed by atoms with Gasteiger partial charge in [0, 0.05) is 22.6 Å². The highest BCUT2D eigenvalue weighted by atomic mass is 35.5. The van der Waals surface area contributed by atoms with Crippen molar-refractivity contribution in [3.05, 3.63) is 94.0 Å². The number of rotatable bonds is 4. The minimum Gasteiger partial charge on any atom is -0.507 e. The Kier molecular flexibility index (Phi) is 5.46. The molecule has 30 heavy (non-hydrogen) atoms. The minimum absolute atomic E-state index is 0.0799. The van der Waals surface area contributed by atoms with E-state index in [1.165, 1.54) is 11.1 Å². The van der Waals surface area contributed by atoms with Gasteiger partial charge in [0.15, 0.2) is 0 Å². The highest BCUT2D eigenvalue weighted by Gasteiger charge is 2.34. The molecule has 0 bridgehead atoms. The molecule has 4 rings (SSSR count). The molecule has 5 nitrogen and oxygen atoms in total. The zero-order valence-electron chi connectivity index (χ0n) is 16.7. The van der Waals surface area contributed by atoms with Gasteiger partial charge in [-0.1, -0.05) is 41.4 Å². The molecule has 1 amide bonds. The van der Waals surface area contributed by atoms with E-state index in [0.29, 0.717) is 28.3 Å². The first-order valence-corrected chi connectivity index (χ1v) is 9.94. The normalized spacial score (nSPS) is 15.8. The molecule has 1 N–H and O–H groups in total. The van der Waals surface area contributed by atoms with E-state index >= 15 is 0 Å². The summed E-state index contributed by atoms with van der Waals surface area (Å²) in [6.45, 7) is 1.97. The number of hydrazone groups is 1. The Hall–Kier alpha value is -3.31. The number of aryl methyl sites for hydroxylation is 1. The lowest BCUT2D eigenvalue weighted by atomic mass is 9.97. The third-order valence-corrected chi connectivity index (χ3v) is 5.42. The summed E-state index contributed by atoms with van der Waals surface area (Å²) < 4.78 is 5.25. The van der Waals surface area contributed by atoms with Crippen LogP contribution in [0.3, 0.4) is 0 Å². The van der Waals surface area contributed by atoms with Gasteiger partial charge in [-0.25, -0.2) is 5.01 Å². The molecule has 3 aromatic carbocycles. The first-order valence-electron chi connectivity index (χ1n) is 9.57. The molecule has 0 aromatic heterocycles. The van der Waals surface area contributed by atoms with Crippen LogP contribution in [0.2, 0.25) is 5.02 Å². The number of aromatic hydroxyl groups is 1. The SMILES string of the molecule is COc1ccc([C@H]2CC(c3cc(Cl)ccc3O)=NN2C(=O)c2ccc(C)cc2)cc1. The van der Waals surface area contributed by atoms with Crippen LogP contribution >= 0.6 is 11.6 Å². The van der Waals surface area contributed by atoms with Crippen molar-refractivity contribution in [1.82, 2.24) is 5.01 Å². The molecule has 0 radical (unpaired) electrons. The quantitative estimate of drug-likeness (QED) is 0.618. The van der Waals surface area contributed by atoms with Crippen molar-refractivity contribution in [2.24, 2.45) is 5.10 Å². The average molecular weight is 421 g/mol. The number of carbonyl (C=O) groups is 1. The summed E-state index contributed by atoms with van der Waals surface area (Å²) in [5, 5.41) is 16.9. The van der Waals surface area contributed by atoms with Gasteiger partial charge in [0.25, 0.3) is 5.91 Å². The molecule has 0 aliphatic carbocycles. The molecule has 1 atom stereocenters. The second-order valence-corrected chi connectivity index (χ2v) is 7.65. The number of carbonyl (C=O) groups excluding carboxylic acids is 1. The van der Waals surface area contributed by atoms with E-state index in [1.54, 1.807) is 31.4 Å². The van der Waals surface area contributed by atoms with Crippen molar-refractivity contribution >= 4 is 23.2 Å². The molecule has 0 saturated heterocycles. The number of amides is 1. The molecule has 0 fully saturated rings. The maximum absolute atomic E-state index is 13.3. The number of nitrogens with zero attached hydrogens (tertiary/aromatic N) is 2. The van der Waals surface area contributed by atoms with E-state index in [4.69, 9.17) is 16.3 Å². The second-order valence-electron chi connectivity index (χ2n) is 7.22. The number of hydrogen-bond acceptors (Lipinski definition) is 4. The summed E-state index contributed by atoms with van der Waals surface area (Å²) in [4.78, 5) is 13.3. The summed E-state index contributed by atoms with van der Waals surface area (Å²) in [6.07, 6.45) is 0.456. The number of hydrogen-bond donors (Lipinski definition) is 1. The van der Waals surface area contributed by atoms with Gasteiger partial charge in [-0.3, -0.25) is 4.79 Å². The summed E-state index contributed by atoms with van der Waals surface area (Å²) in [5.74, 6) is 0.616. The van der Waals surface area contributed by atoms with E-state index in [1.807, 2.05) is 43.3 Å². The molecule has 0 saturated carbocycles. The van der Waals surface area contributed by atoms with Crippen LogP contribution in [0.4, 0.5) is 0 Å². The van der Waals surface area contributed by atoms with Crippen LogP contribution in [0.15, 0.2) is 71.8 Å². The molecule has 1 heterocycles. The fraction of sp³-hybridized carbons (Fsp3) is 0.167. The molecule has 1 aliphatic rings. The first kappa shape index (κ1) is 20.0. The number of phenols is 1. The first-order chi connectivity index (χ1) is 14.5. The topological polar surface area (TPSA) is 62.1 Å². The lowest BCUT2D eigenvalue weighted by Crippen LogP contribution is -2.27. The summed E-state index contributed by atoms with van der Waals surface area (Å²) in [6, 6.07) is 19.5. The third kappa shape index (κ3) is 3.89. The number of benzene rings is 3. The molecule has 6 heteroatoms. The van der Waals surface area contributed by atoms with Crippen LogP contribution < -0.4 is 4.74 Å². The predicted octanol–water partition coefficient (Wildman–Crippen LogP) is 5.35. The van der Waals surface area contributed by atoms with Crippen molar-refractivity contribution in [2.45, 2.75) is 19.4 Å². The summed E-state index contributed by atoms with van der Waals surface area (Å²) >= 11 is 6.13. The van der Waals surface area contributed by atoms with Gasteiger partial charge in [0.05, 0.1) is 18.9 Å². The Bertz CT molecular complexity index is 1110. The maximum Gasteiger partial charge on any atom is 0.274 e. The number of methoxy groups -OCH3 is 1. The van der Waals surface area contributed by atoms with Crippen molar-refractivity contribution in [1.29, 1.82) is 0 Å². The molecule has 0 spiro atoms. The third-order valence-electron chi connectivity index (χ3n) is 5.19. The van der Waals surface area contributed by atoms with Gasteiger partial charge >= 0.3 is 0 Å². The Balaban J connectivity index is 1.75. The van der Waals surface area contributed by atoms with Crippen molar-refractivity contribution in [3.63, 3.8) is 0 Å². The summed E-state index contributed by atoms with van der Waals surface area (Å²) in [5.41, 5.74) is 3.69. The zero-order chi connectivity index (χ0) is 21.3. The largest absolute Gasteiger partial charge is 0.507 e. The fourth-order valence-electron chi connectivity index (χ4n) is 3.51. The number of phenolic OH excluding ortho intramolecular Hbond substituents is 1. The fourth-order valence-corrected chi connectivity index (χ4v) is 3.69. The summed E-state index contributed by atoms with van der Waals surface area (Å²) in [7, 11) is 1.61. The van der Waals surface area contributed by atoms with Crippen LogP contribution in [0.5, 0.6) is 11.5 Å². The molecular weight excluding hydrogens is 400 g/mol. The van der Waals surface area contributed by atoms with E-state index < -0.39 is 0 Å². The van der Waals surface area contributed by atoms with E-state index in [0.717, 1.165) is 16.9 Å². The van der Waals surface area contributed by atoms with Crippen molar-refractivity contribution in [3.8, 4) is 11.5 Å². The molecule has 3 aromatic rings. The molecular formula is C24H21ClN2O3. The Morgan fingerprint density at radius 1 is 1.10 bits per heavy atom. The molecule has 0 unspecified atom stereocenters. The minimum atomic E-state index is -0.307. The van der Waals surface area contributed by atoms with Gasteiger partial charge in [-0.2, -0.15) is 5.10 Å². The highest BCUT2D eigenvalue weighted by molar-refractivity contribution is 6.31. The Morgan fingerprint density at radius 2 is 1.80 bits per heavy atom. The standard InChI is InChI=1S/C24H21ClN2O3/c1-15-3-5-17(6-4-15)24(29)27-22(16-7-10-19(30-2)11-8-16)14-21(26-27)20-13-18(25)9-12-23(20)28/h3-13,22,28H,14H2,1-2H3/t22-/m1/s1. The predicted molar refractivity (Wildman–Crippen MR) is 117 cm³/mol. The van der Waals surface area contributed by atoms with Gasteiger partial charge < -0.3 is 9.84 Å². The van der Waals surface area contributed by atoms with Crippen LogP contribution in [-0.2, 0) is 0 Å². The van der Waals surface area contributed by atoms with Crippen LogP contribution in [0.25, 0.3) is 0 Å². The molecule has 1 aliphatic heterocycles. The lowest BCUT2D eigenvalue weighted by Gasteiger charge is -2.22. The van der Waals surface area contributed by atoms with Crippen LogP contribution in [-0.4, -0.2) is 28.8 Å². The Labute approximate surface area is 180 Å². The van der Waals surface area contributed by atoms with E-state index in [2.05, 4.69) is 5.10 Å². The lowest BCUT2D eigenvalue weighted by molar-refractivity contribution is 0.0711. The van der Waals surface area contributed by atoms with Gasteiger partial charge in [0.2, 0.25) is 0 Å². The second kappa shape index (κ2) is 8.20. The van der Waals surface area contributed by atoms with Crippen molar-refractivity contribution < 1.29 is 14.6 Å². The van der Waals surface area contributed by atoms with Crippen molar-refractivity contribution in [2.75, 3.05) is 7.11 Å². The van der Waals surface area contributed by atoms with Gasteiger partial charge in [-0.15, -0.1) is 0 Å². The van der Waals surface area contributed by atoms with E-state index in [9.17, 15) is 9.90 Å². The highest BCUT2D eigenvalue weighted by Crippen LogP contribution is 2.37. The van der Waals surface area contributed by atoms with Gasteiger partial charge in [-0.05, 0) is 55.0 Å². The maximum atomic E-state index is 13.3. The smallest absolute Gasteiger partial charge is 0.274 e. The molecule has 152 valence electrons. The van der Waals surface area contributed by atoms with Crippen LogP contribution in [0.1, 0.15) is 39.5 Å². The van der Waals surface area contributed by atoms with Gasteiger partial charge in [0.1, 0.15) is 11.5 Å². The van der Waals surface area contributed by atoms with Crippen LogP contribution in [0, 0.1) is 6.92 Å².